The summed E-state index contributed by atoms with van der Waals surface area (Å²) in [6.07, 6.45) is 0. The molecule has 0 bridgehead atoms. The Morgan fingerprint density at radius 3 is 0.801 bits per heavy atom. The van der Waals surface area contributed by atoms with E-state index in [1.54, 1.807) is 0 Å². The predicted molar refractivity (Wildman–Crippen MR) is 570 cm³/mol. The molecule has 0 N–H and O–H groups in total. The summed E-state index contributed by atoms with van der Waals surface area (Å²) in [5.74, 6) is 3.65. The molecule has 0 radical (unpaired) electrons. The van der Waals surface area contributed by atoms with Crippen molar-refractivity contribution in [2.24, 2.45) is 0 Å². The summed E-state index contributed by atoms with van der Waals surface area (Å²) in [6.45, 7) is 0. The Morgan fingerprint density at radius 2 is 0.412 bits per heavy atom. The molecule has 6 heterocycles. The molecule has 10 heteroatoms. The van der Waals surface area contributed by atoms with E-state index >= 15 is 0 Å². The average molecular weight is 1770 g/mol. The minimum Gasteiger partial charge on any atom is -0.309 e. The van der Waals surface area contributed by atoms with Gasteiger partial charge in [-0.25, -0.2) is 29.9 Å². The van der Waals surface area contributed by atoms with Crippen LogP contribution in [0.4, 0.5) is 0 Å². The average Bonchev–Trinajstić information content (AvgIpc) is 1.53. The minimum atomic E-state index is 0.603. The number of benzene rings is 20. The quantitative estimate of drug-likeness (QED) is 0.0958. The van der Waals surface area contributed by atoms with Gasteiger partial charge in [0.2, 0.25) is 0 Å². The molecular formula is C126H80N8S2. The molecule has 0 atom stereocenters. The van der Waals surface area contributed by atoms with Crippen LogP contribution < -0.4 is 0 Å². The lowest BCUT2D eigenvalue weighted by Crippen LogP contribution is -2.02. The van der Waals surface area contributed by atoms with Crippen LogP contribution in [-0.2, 0) is 0 Å². The van der Waals surface area contributed by atoms with Gasteiger partial charge in [-0.05, 0) is 180 Å². The normalized spacial score (nSPS) is 11.5. The molecule has 6 aromatic heterocycles. The van der Waals surface area contributed by atoms with Crippen LogP contribution in [0.15, 0.2) is 485 Å². The van der Waals surface area contributed by atoms with Crippen molar-refractivity contribution in [3.63, 3.8) is 0 Å². The van der Waals surface area contributed by atoms with Crippen LogP contribution in [0.1, 0.15) is 0 Å². The van der Waals surface area contributed by atoms with Crippen LogP contribution in [0.2, 0.25) is 0 Å². The molecule has 0 aliphatic carbocycles. The van der Waals surface area contributed by atoms with E-state index in [9.17, 15) is 0 Å². The number of hydrogen-bond donors (Lipinski definition) is 0. The standard InChI is InChI=1S/2C63H40N4S/c1-4-17-41(18-5-1)44-23-14-25-47(37-44)61-64-62(48-26-15-24-45(38-48)42-19-6-2-7-20-42)66-63(65-61)55-36-34-49(40-56(55)43-21-8-3-9-22-43)67-57-31-12-10-27-51(57)52-35-33-46(39-58(52)67)50-29-16-30-54-53-28-11-13-32-59(53)68-60(50)54;1-4-16-41(17-5-1)43-30-32-45(33-31-43)61-64-62(48-23-14-22-46(38-48)42-18-6-2-7-19-42)66-63(65-61)55-37-35-49(40-56(55)44-20-8-3-9-21-44)67-57-28-12-10-24-51(57)52-36-34-47(39-58(52)67)50-26-15-27-54-53-25-11-13-29-59(53)68-60(50)54/h2*1-40H. The van der Waals surface area contributed by atoms with Gasteiger partial charge < -0.3 is 9.13 Å². The fourth-order valence-corrected chi connectivity index (χ4v) is 22.1. The third kappa shape index (κ3) is 14.9. The topological polar surface area (TPSA) is 87.2 Å². The molecule has 26 rings (SSSR count). The van der Waals surface area contributed by atoms with Crippen molar-refractivity contribution in [2.45, 2.75) is 0 Å². The van der Waals surface area contributed by atoms with Crippen molar-refractivity contribution in [1.29, 1.82) is 0 Å². The van der Waals surface area contributed by atoms with Crippen molar-refractivity contribution < 1.29 is 0 Å². The van der Waals surface area contributed by atoms with Gasteiger partial charge in [-0.15, -0.1) is 22.7 Å². The lowest BCUT2D eigenvalue weighted by Gasteiger charge is -2.16. The Morgan fingerprint density at radius 1 is 0.140 bits per heavy atom. The third-order valence-electron chi connectivity index (χ3n) is 26.2. The molecule has 0 saturated carbocycles. The van der Waals surface area contributed by atoms with E-state index in [-0.39, 0.29) is 0 Å². The minimum absolute atomic E-state index is 0.603. The summed E-state index contributed by atoms with van der Waals surface area (Å²) in [6, 6.07) is 173. The molecule has 0 unspecified atom stereocenters. The van der Waals surface area contributed by atoms with E-state index in [0.717, 1.165) is 134 Å². The Hall–Kier alpha value is -17.5. The number of aromatic nitrogens is 8. The molecule has 8 nitrogen and oxygen atoms in total. The first-order valence-electron chi connectivity index (χ1n) is 45.8. The molecule has 26 aromatic rings. The van der Waals surface area contributed by atoms with Crippen molar-refractivity contribution in [3.05, 3.63) is 485 Å². The number of fused-ring (bicyclic) bond motifs is 12. The molecule has 0 fully saturated rings. The van der Waals surface area contributed by atoms with E-state index in [1.807, 2.05) is 46.9 Å². The Labute approximate surface area is 793 Å². The summed E-state index contributed by atoms with van der Waals surface area (Å²) < 4.78 is 10.1. The van der Waals surface area contributed by atoms with Crippen LogP contribution in [0.25, 0.3) is 253 Å². The van der Waals surface area contributed by atoms with Gasteiger partial charge in [0.15, 0.2) is 34.9 Å². The van der Waals surface area contributed by atoms with E-state index in [2.05, 4.69) is 470 Å². The number of rotatable bonds is 16. The monoisotopic (exact) mass is 1770 g/mol. The first-order chi connectivity index (χ1) is 67.4. The maximum atomic E-state index is 5.35. The molecule has 0 aliphatic rings. The Balaban J connectivity index is 0.000000145. The van der Waals surface area contributed by atoms with Crippen LogP contribution in [0, 0.1) is 0 Å². The smallest absolute Gasteiger partial charge is 0.164 e. The molecule has 636 valence electrons. The highest BCUT2D eigenvalue weighted by Crippen LogP contribution is 2.48. The molecule has 0 saturated heterocycles. The fraction of sp³-hybridized carbons (Fsp3) is 0. The second-order valence-corrected chi connectivity index (χ2v) is 36.4. The van der Waals surface area contributed by atoms with Gasteiger partial charge in [0.25, 0.3) is 0 Å². The molecule has 136 heavy (non-hydrogen) atoms. The molecule has 0 spiro atoms. The van der Waals surface area contributed by atoms with Crippen LogP contribution in [-0.4, -0.2) is 39.0 Å². The number of nitrogens with zero attached hydrogens (tertiary/aromatic N) is 8. The second-order valence-electron chi connectivity index (χ2n) is 34.3. The van der Waals surface area contributed by atoms with E-state index < -0.39 is 0 Å². The summed E-state index contributed by atoms with van der Waals surface area (Å²) in [5, 5.41) is 10.0. The molecule has 0 amide bonds. The number of hydrogen-bond acceptors (Lipinski definition) is 8. The van der Waals surface area contributed by atoms with E-state index in [0.29, 0.717) is 34.9 Å². The van der Waals surface area contributed by atoms with Gasteiger partial charge >= 0.3 is 0 Å². The van der Waals surface area contributed by atoms with Crippen LogP contribution >= 0.6 is 22.7 Å². The predicted octanol–water partition coefficient (Wildman–Crippen LogP) is 34.0. The highest BCUT2D eigenvalue weighted by Gasteiger charge is 2.25. The Bertz CT molecular complexity index is 8980. The van der Waals surface area contributed by atoms with Crippen molar-refractivity contribution in [3.8, 4) is 169 Å². The molecular weight excluding hydrogens is 1690 g/mol. The summed E-state index contributed by atoms with van der Waals surface area (Å²) in [5.41, 5.74) is 30.3. The lowest BCUT2D eigenvalue weighted by atomic mass is 9.97. The van der Waals surface area contributed by atoms with Crippen molar-refractivity contribution >= 4 is 107 Å². The molecule has 0 aliphatic heterocycles. The maximum Gasteiger partial charge on any atom is 0.164 e. The van der Waals surface area contributed by atoms with Gasteiger partial charge in [0.05, 0.1) is 22.1 Å². The van der Waals surface area contributed by atoms with Crippen LogP contribution in [0.5, 0.6) is 0 Å². The second kappa shape index (κ2) is 34.6. The largest absolute Gasteiger partial charge is 0.309 e. The lowest BCUT2D eigenvalue weighted by molar-refractivity contribution is 1.07. The molecule has 20 aromatic carbocycles. The zero-order chi connectivity index (χ0) is 89.9. The first kappa shape index (κ1) is 80.5. The number of para-hydroxylation sites is 2. The van der Waals surface area contributed by atoms with Gasteiger partial charge in [-0.3, -0.25) is 0 Å². The number of thiophene rings is 2. The Kier molecular flexibility index (Phi) is 20.5. The van der Waals surface area contributed by atoms with Gasteiger partial charge in [0.1, 0.15) is 0 Å². The SMILES string of the molecule is c1ccc(-c2ccc(-c3nc(-c4cccc(-c5ccccc5)c4)nc(-c4ccc(-n5c6ccccc6c6ccc(-c7cccc8c7sc7ccccc78)cc65)cc4-c4ccccc4)n3)cc2)cc1.c1ccc(-c2cccc(-c3nc(-c4cccc(-c5ccccc5)c4)nc(-c4ccc(-n5c6ccccc6c6ccc(-c7cccc8c7sc7ccccc78)cc65)cc4-c4ccccc4)n3)c2)cc1. The highest BCUT2D eigenvalue weighted by atomic mass is 32.1. The van der Waals surface area contributed by atoms with Crippen molar-refractivity contribution in [1.82, 2.24) is 39.0 Å². The zero-order valence-corrected chi connectivity index (χ0v) is 75.2. The van der Waals surface area contributed by atoms with Gasteiger partial charge in [-0.2, -0.15) is 0 Å². The van der Waals surface area contributed by atoms with Crippen LogP contribution in [0.3, 0.4) is 0 Å². The van der Waals surface area contributed by atoms with Gasteiger partial charge in [0, 0.05) is 107 Å². The van der Waals surface area contributed by atoms with Gasteiger partial charge in [-0.1, -0.05) is 394 Å². The maximum absolute atomic E-state index is 5.35. The zero-order valence-electron chi connectivity index (χ0n) is 73.6. The summed E-state index contributed by atoms with van der Waals surface area (Å²) in [4.78, 5) is 31.8. The fourth-order valence-electron chi connectivity index (χ4n) is 19.6. The summed E-state index contributed by atoms with van der Waals surface area (Å²) >= 11 is 3.74. The summed E-state index contributed by atoms with van der Waals surface area (Å²) in [7, 11) is 0. The van der Waals surface area contributed by atoms with E-state index in [4.69, 9.17) is 29.9 Å². The van der Waals surface area contributed by atoms with E-state index in [1.165, 1.54) is 84.1 Å². The highest BCUT2D eigenvalue weighted by molar-refractivity contribution is 7.26. The first-order valence-corrected chi connectivity index (χ1v) is 47.5. The third-order valence-corrected chi connectivity index (χ3v) is 28.6. The van der Waals surface area contributed by atoms with Crippen molar-refractivity contribution in [2.75, 3.05) is 0 Å².